The van der Waals surface area contributed by atoms with Gasteiger partial charge in [-0.3, -0.25) is 9.69 Å². The monoisotopic (exact) mass is 295 g/mol. The van der Waals surface area contributed by atoms with Gasteiger partial charge < -0.3 is 10.2 Å². The first kappa shape index (κ1) is 16.8. The zero-order valence-electron chi connectivity index (χ0n) is 14.3. The summed E-state index contributed by atoms with van der Waals surface area (Å²) in [6, 6.07) is 0.552. The molecule has 2 aliphatic rings. The molecule has 122 valence electrons. The third-order valence-electron chi connectivity index (χ3n) is 4.64. The van der Waals surface area contributed by atoms with Gasteiger partial charge in [-0.25, -0.2) is 0 Å². The van der Waals surface area contributed by atoms with Gasteiger partial charge in [-0.05, 0) is 78.9 Å². The Hall–Kier alpha value is -0.610. The first-order chi connectivity index (χ1) is 9.89. The fourth-order valence-electron chi connectivity index (χ4n) is 3.11. The van der Waals surface area contributed by atoms with Crippen LogP contribution in [0.3, 0.4) is 0 Å². The van der Waals surface area contributed by atoms with Gasteiger partial charge in [0.2, 0.25) is 5.91 Å². The fourth-order valence-corrected chi connectivity index (χ4v) is 3.11. The number of likely N-dealkylation sites (tertiary alicyclic amines) is 1. The third-order valence-corrected chi connectivity index (χ3v) is 4.64. The van der Waals surface area contributed by atoms with Crippen molar-refractivity contribution in [3.8, 4) is 0 Å². The van der Waals surface area contributed by atoms with Gasteiger partial charge in [0.1, 0.15) is 0 Å². The molecule has 4 nitrogen and oxygen atoms in total. The van der Waals surface area contributed by atoms with E-state index >= 15 is 0 Å². The van der Waals surface area contributed by atoms with Crippen LogP contribution >= 0.6 is 0 Å². The molecule has 1 saturated carbocycles. The van der Waals surface area contributed by atoms with Crippen LogP contribution in [-0.2, 0) is 4.79 Å². The number of nitrogens with one attached hydrogen (secondary N) is 1. The molecule has 0 spiro atoms. The van der Waals surface area contributed by atoms with Crippen LogP contribution in [-0.4, -0.2) is 60.0 Å². The Morgan fingerprint density at radius 1 is 1.19 bits per heavy atom. The van der Waals surface area contributed by atoms with Crippen LogP contribution in [0.2, 0.25) is 0 Å². The van der Waals surface area contributed by atoms with E-state index < -0.39 is 0 Å². The molecule has 1 heterocycles. The highest BCUT2D eigenvalue weighted by atomic mass is 16.2. The lowest BCUT2D eigenvalue weighted by atomic mass is 9.95. The summed E-state index contributed by atoms with van der Waals surface area (Å²) < 4.78 is 0. The Bertz CT molecular complexity index is 338. The summed E-state index contributed by atoms with van der Waals surface area (Å²) in [5.74, 6) is 1.10. The summed E-state index contributed by atoms with van der Waals surface area (Å²) in [6.45, 7) is 13.5. The highest BCUT2D eigenvalue weighted by Gasteiger charge is 2.32. The normalized spacial score (nSPS) is 21.5. The van der Waals surface area contributed by atoms with Gasteiger partial charge in [0, 0.05) is 18.1 Å². The number of carbonyl (C=O) groups is 1. The van der Waals surface area contributed by atoms with Crippen LogP contribution in [0.1, 0.15) is 53.4 Å². The molecule has 0 aromatic carbocycles. The lowest BCUT2D eigenvalue weighted by molar-refractivity contribution is -0.133. The Labute approximate surface area is 130 Å². The number of hydrogen-bond donors (Lipinski definition) is 1. The van der Waals surface area contributed by atoms with Crippen LogP contribution in [0.4, 0.5) is 0 Å². The van der Waals surface area contributed by atoms with Crippen LogP contribution in [0, 0.1) is 5.92 Å². The summed E-state index contributed by atoms with van der Waals surface area (Å²) in [7, 11) is 0. The van der Waals surface area contributed by atoms with E-state index in [0.717, 1.165) is 32.1 Å². The van der Waals surface area contributed by atoms with Gasteiger partial charge in [-0.15, -0.1) is 0 Å². The predicted octanol–water partition coefficient (Wildman–Crippen LogP) is 2.10. The van der Waals surface area contributed by atoms with Crippen LogP contribution in [0.15, 0.2) is 0 Å². The molecule has 0 aromatic rings. The Morgan fingerprint density at radius 3 is 2.29 bits per heavy atom. The van der Waals surface area contributed by atoms with Crippen LogP contribution in [0.25, 0.3) is 0 Å². The predicted molar refractivity (Wildman–Crippen MR) is 87.3 cm³/mol. The van der Waals surface area contributed by atoms with E-state index in [1.807, 2.05) is 0 Å². The number of nitrogens with zero attached hydrogens (tertiary/aromatic N) is 2. The average Bonchev–Trinajstić information content (AvgIpc) is 3.22. The second-order valence-electron chi connectivity index (χ2n) is 7.76. The maximum absolute atomic E-state index is 12.3. The van der Waals surface area contributed by atoms with E-state index in [1.165, 1.54) is 25.7 Å². The molecular formula is C17H33N3O. The smallest absolute Gasteiger partial charge is 0.236 e. The minimum absolute atomic E-state index is 0.207. The zero-order chi connectivity index (χ0) is 15.5. The lowest BCUT2D eigenvalue weighted by Crippen LogP contribution is -2.46. The summed E-state index contributed by atoms with van der Waals surface area (Å²) in [6.07, 6.45) is 4.85. The minimum Gasteiger partial charge on any atom is -0.339 e. The average molecular weight is 295 g/mol. The maximum atomic E-state index is 12.3. The highest BCUT2D eigenvalue weighted by molar-refractivity contribution is 5.78. The first-order valence-electron chi connectivity index (χ1n) is 8.66. The summed E-state index contributed by atoms with van der Waals surface area (Å²) in [4.78, 5) is 16.8. The number of rotatable bonds is 6. The lowest BCUT2D eigenvalue weighted by Gasteiger charge is -2.34. The van der Waals surface area contributed by atoms with Crippen molar-refractivity contribution >= 4 is 5.91 Å². The Morgan fingerprint density at radius 2 is 1.81 bits per heavy atom. The van der Waals surface area contributed by atoms with E-state index in [1.54, 1.807) is 0 Å². The van der Waals surface area contributed by atoms with Crippen molar-refractivity contribution in [2.24, 2.45) is 5.92 Å². The van der Waals surface area contributed by atoms with Crippen molar-refractivity contribution in [3.05, 3.63) is 0 Å². The molecule has 1 aliphatic carbocycles. The van der Waals surface area contributed by atoms with E-state index in [0.29, 0.717) is 18.5 Å². The number of carbonyl (C=O) groups excluding carboxylic acids is 1. The molecule has 0 radical (unpaired) electrons. The number of hydrogen-bond acceptors (Lipinski definition) is 3. The molecule has 1 N–H and O–H groups in total. The Kier molecular flexibility index (Phi) is 5.67. The van der Waals surface area contributed by atoms with Gasteiger partial charge in [-0.2, -0.15) is 0 Å². The molecule has 4 heteroatoms. The van der Waals surface area contributed by atoms with Gasteiger partial charge in [0.15, 0.2) is 0 Å². The van der Waals surface area contributed by atoms with Crippen molar-refractivity contribution in [3.63, 3.8) is 0 Å². The molecule has 0 aromatic heterocycles. The van der Waals surface area contributed by atoms with E-state index in [9.17, 15) is 4.79 Å². The number of amides is 1. The largest absolute Gasteiger partial charge is 0.339 e. The molecule has 21 heavy (non-hydrogen) atoms. The molecule has 1 amide bonds. The van der Waals surface area contributed by atoms with Crippen molar-refractivity contribution in [2.75, 3.05) is 32.7 Å². The molecule has 0 unspecified atom stereocenters. The SMILES string of the molecule is CCN(C(=O)CN1CCC(CNC(C)(C)C)CC1)C1CC1. The molecule has 0 atom stereocenters. The summed E-state index contributed by atoms with van der Waals surface area (Å²) in [5, 5.41) is 3.60. The topological polar surface area (TPSA) is 35.6 Å². The summed E-state index contributed by atoms with van der Waals surface area (Å²) in [5.41, 5.74) is 0.207. The van der Waals surface area contributed by atoms with Gasteiger partial charge in [-0.1, -0.05) is 0 Å². The van der Waals surface area contributed by atoms with Crippen LogP contribution in [0.5, 0.6) is 0 Å². The van der Waals surface area contributed by atoms with Gasteiger partial charge in [0.25, 0.3) is 0 Å². The second kappa shape index (κ2) is 7.10. The molecule has 0 bridgehead atoms. The quantitative estimate of drug-likeness (QED) is 0.815. The zero-order valence-corrected chi connectivity index (χ0v) is 14.3. The third kappa shape index (κ3) is 5.59. The van der Waals surface area contributed by atoms with Crippen molar-refractivity contribution in [1.29, 1.82) is 0 Å². The molecule has 2 rings (SSSR count). The first-order valence-corrected chi connectivity index (χ1v) is 8.66. The Balaban J connectivity index is 1.67. The van der Waals surface area contributed by atoms with Crippen molar-refractivity contribution in [2.45, 2.75) is 65.0 Å². The number of piperidine rings is 1. The van der Waals surface area contributed by atoms with Crippen molar-refractivity contribution in [1.82, 2.24) is 15.1 Å². The summed E-state index contributed by atoms with van der Waals surface area (Å²) >= 11 is 0. The maximum Gasteiger partial charge on any atom is 0.236 e. The second-order valence-corrected chi connectivity index (χ2v) is 7.76. The van der Waals surface area contributed by atoms with E-state index in [-0.39, 0.29) is 5.54 Å². The highest BCUT2D eigenvalue weighted by Crippen LogP contribution is 2.27. The standard InChI is InChI=1S/C17H33N3O/c1-5-20(15-6-7-15)16(21)13-19-10-8-14(9-11-19)12-18-17(2,3)4/h14-15,18H,5-13H2,1-4H3. The molecule has 1 saturated heterocycles. The number of likely N-dealkylation sites (N-methyl/N-ethyl adjacent to an activating group) is 1. The molecular weight excluding hydrogens is 262 g/mol. The minimum atomic E-state index is 0.207. The fraction of sp³-hybridized carbons (Fsp3) is 0.941. The molecule has 2 fully saturated rings. The molecule has 1 aliphatic heterocycles. The van der Waals surface area contributed by atoms with Crippen LogP contribution < -0.4 is 5.32 Å². The van der Waals surface area contributed by atoms with Gasteiger partial charge >= 0.3 is 0 Å². The van der Waals surface area contributed by atoms with E-state index in [2.05, 4.69) is 42.8 Å². The van der Waals surface area contributed by atoms with Crippen molar-refractivity contribution < 1.29 is 4.79 Å². The van der Waals surface area contributed by atoms with Gasteiger partial charge in [0.05, 0.1) is 6.54 Å². The van der Waals surface area contributed by atoms with E-state index in [4.69, 9.17) is 0 Å².